The normalized spacial score (nSPS) is 38.3. The van der Waals surface area contributed by atoms with E-state index in [1.807, 2.05) is 0 Å². The maximum Gasteiger partial charge on any atom is 0.338 e. The maximum atomic E-state index is 12.2. The van der Waals surface area contributed by atoms with Crippen molar-refractivity contribution < 1.29 is 24.5 Å². The van der Waals surface area contributed by atoms with Crippen molar-refractivity contribution in [2.75, 3.05) is 13.2 Å². The summed E-state index contributed by atoms with van der Waals surface area (Å²) < 4.78 is 4.98. The van der Waals surface area contributed by atoms with Gasteiger partial charge in [0.1, 0.15) is 0 Å². The smallest absolute Gasteiger partial charge is 0.338 e. The Hall–Kier alpha value is -1.14. The second kappa shape index (κ2) is 5.46. The first-order chi connectivity index (χ1) is 9.02. The summed E-state index contributed by atoms with van der Waals surface area (Å²) in [4.78, 5) is 23.9. The minimum atomic E-state index is -1.64. The number of carbonyl (C=O) groups is 2. The zero-order valence-corrected chi connectivity index (χ0v) is 11.1. The molecule has 1 aliphatic carbocycles. The molecular weight excluding hydrogens is 250 g/mol. The van der Waals surface area contributed by atoms with E-state index in [0.717, 1.165) is 6.42 Å². The molecular formula is C13H21NO5. The van der Waals surface area contributed by atoms with Crippen molar-refractivity contribution in [3.8, 4) is 0 Å². The molecule has 108 valence electrons. The molecule has 6 nitrogen and oxygen atoms in total. The summed E-state index contributed by atoms with van der Waals surface area (Å²) in [7, 11) is 0. The average molecular weight is 271 g/mol. The Morgan fingerprint density at radius 2 is 2.11 bits per heavy atom. The van der Waals surface area contributed by atoms with Gasteiger partial charge >= 0.3 is 11.9 Å². The fourth-order valence-electron chi connectivity index (χ4n) is 3.50. The molecule has 19 heavy (non-hydrogen) atoms. The Kier molecular flexibility index (Phi) is 4.10. The second-order valence-corrected chi connectivity index (χ2v) is 5.38. The number of hydrogen-bond donors (Lipinski definition) is 3. The first-order valence-electron chi connectivity index (χ1n) is 6.86. The number of aliphatic hydroxyl groups excluding tert-OH is 1. The minimum absolute atomic E-state index is 0.0607. The Bertz CT molecular complexity index is 372. The number of carbonyl (C=O) groups excluding carboxylic acids is 1. The summed E-state index contributed by atoms with van der Waals surface area (Å²) in [5.74, 6) is -2.11. The molecule has 2 aliphatic rings. The standard InChI is InChI=1S/C13H21NO5/c1-2-19-12(18)13(11(16)17)10-4-3-9(15)7-8(10)5-6-14-13/h8-10,14-15H,2-7H2,1H3,(H,16,17). The van der Waals surface area contributed by atoms with E-state index in [9.17, 15) is 19.8 Å². The molecule has 0 bridgehead atoms. The number of esters is 1. The molecule has 0 radical (unpaired) electrons. The predicted molar refractivity (Wildman–Crippen MR) is 66.5 cm³/mol. The van der Waals surface area contributed by atoms with Crippen LogP contribution in [0, 0.1) is 11.8 Å². The van der Waals surface area contributed by atoms with Gasteiger partial charge in [-0.2, -0.15) is 0 Å². The van der Waals surface area contributed by atoms with E-state index < -0.39 is 17.5 Å². The molecule has 0 aromatic carbocycles. The van der Waals surface area contributed by atoms with Crippen molar-refractivity contribution in [2.24, 2.45) is 11.8 Å². The highest BCUT2D eigenvalue weighted by Gasteiger charge is 2.58. The number of fused-ring (bicyclic) bond motifs is 1. The van der Waals surface area contributed by atoms with E-state index in [-0.39, 0.29) is 24.5 Å². The van der Waals surface area contributed by atoms with Crippen LogP contribution in [-0.2, 0) is 14.3 Å². The number of aliphatic hydroxyl groups is 1. The minimum Gasteiger partial charge on any atom is -0.479 e. The van der Waals surface area contributed by atoms with Gasteiger partial charge in [-0.3, -0.25) is 5.32 Å². The summed E-state index contributed by atoms with van der Waals surface area (Å²) in [6.07, 6.45) is 2.05. The number of carboxylic acids is 1. The predicted octanol–water partition coefficient (Wildman–Crippen LogP) is 0.143. The van der Waals surface area contributed by atoms with Gasteiger partial charge in [0.15, 0.2) is 0 Å². The Balaban J connectivity index is 2.30. The lowest BCUT2D eigenvalue weighted by molar-refractivity contribution is -0.172. The van der Waals surface area contributed by atoms with Crippen LogP contribution < -0.4 is 5.32 Å². The van der Waals surface area contributed by atoms with Gasteiger partial charge in [-0.1, -0.05) is 0 Å². The molecule has 0 spiro atoms. The Morgan fingerprint density at radius 3 is 2.74 bits per heavy atom. The van der Waals surface area contributed by atoms with E-state index in [4.69, 9.17) is 4.74 Å². The number of piperidine rings is 1. The van der Waals surface area contributed by atoms with Crippen molar-refractivity contribution in [1.29, 1.82) is 0 Å². The van der Waals surface area contributed by atoms with Crippen LogP contribution >= 0.6 is 0 Å². The number of rotatable bonds is 3. The molecule has 1 heterocycles. The monoisotopic (exact) mass is 271 g/mol. The van der Waals surface area contributed by atoms with E-state index in [2.05, 4.69) is 5.32 Å². The van der Waals surface area contributed by atoms with E-state index in [0.29, 0.717) is 25.8 Å². The fraction of sp³-hybridized carbons (Fsp3) is 0.846. The number of ether oxygens (including phenoxy) is 1. The van der Waals surface area contributed by atoms with E-state index >= 15 is 0 Å². The lowest BCUT2D eigenvalue weighted by Gasteiger charge is -2.47. The van der Waals surface area contributed by atoms with Crippen molar-refractivity contribution in [3.63, 3.8) is 0 Å². The lowest BCUT2D eigenvalue weighted by Crippen LogP contribution is -2.68. The fourth-order valence-corrected chi connectivity index (χ4v) is 3.50. The third-order valence-electron chi connectivity index (χ3n) is 4.36. The average Bonchev–Trinajstić information content (AvgIpc) is 2.37. The van der Waals surface area contributed by atoms with Crippen molar-refractivity contribution in [2.45, 2.75) is 44.2 Å². The van der Waals surface area contributed by atoms with Gasteiger partial charge < -0.3 is 14.9 Å². The summed E-state index contributed by atoms with van der Waals surface area (Å²) >= 11 is 0. The molecule has 0 amide bonds. The maximum absolute atomic E-state index is 12.2. The highest BCUT2D eigenvalue weighted by molar-refractivity contribution is 6.04. The number of nitrogens with one attached hydrogen (secondary N) is 1. The topological polar surface area (TPSA) is 95.9 Å². The van der Waals surface area contributed by atoms with Crippen LogP contribution in [0.3, 0.4) is 0 Å². The third-order valence-corrected chi connectivity index (χ3v) is 4.36. The SMILES string of the molecule is CCOC(=O)C1(C(=O)O)NCCC2CC(O)CCC21. The Morgan fingerprint density at radius 1 is 1.37 bits per heavy atom. The van der Waals surface area contributed by atoms with Gasteiger partial charge in [-0.15, -0.1) is 0 Å². The van der Waals surface area contributed by atoms with Crippen LogP contribution in [0.4, 0.5) is 0 Å². The quantitative estimate of drug-likeness (QED) is 0.499. The molecule has 2 rings (SSSR count). The zero-order valence-electron chi connectivity index (χ0n) is 11.1. The van der Waals surface area contributed by atoms with Gasteiger partial charge in [-0.25, -0.2) is 9.59 Å². The van der Waals surface area contributed by atoms with Crippen molar-refractivity contribution >= 4 is 11.9 Å². The summed E-state index contributed by atoms with van der Waals surface area (Å²) in [5, 5.41) is 22.2. The van der Waals surface area contributed by atoms with E-state index in [1.54, 1.807) is 6.92 Å². The lowest BCUT2D eigenvalue weighted by atomic mass is 9.64. The molecule has 1 saturated carbocycles. The summed E-state index contributed by atoms with van der Waals surface area (Å²) in [5.41, 5.74) is -1.64. The van der Waals surface area contributed by atoms with Crippen molar-refractivity contribution in [3.05, 3.63) is 0 Å². The molecule has 1 aliphatic heterocycles. The molecule has 6 heteroatoms. The Labute approximate surface area is 112 Å². The van der Waals surface area contributed by atoms with Gasteiger partial charge in [0, 0.05) is 5.92 Å². The molecule has 4 atom stereocenters. The number of aliphatic carboxylic acids is 1. The van der Waals surface area contributed by atoms with Crippen molar-refractivity contribution in [1.82, 2.24) is 5.32 Å². The summed E-state index contributed by atoms with van der Waals surface area (Å²) in [6.45, 7) is 2.28. The molecule has 3 N–H and O–H groups in total. The summed E-state index contributed by atoms with van der Waals surface area (Å²) in [6, 6.07) is 0. The first-order valence-corrected chi connectivity index (χ1v) is 6.86. The first kappa shape index (κ1) is 14.3. The van der Waals surface area contributed by atoms with Gasteiger partial charge in [-0.05, 0) is 45.1 Å². The number of carboxylic acid groups (broad SMARTS) is 1. The van der Waals surface area contributed by atoms with Crippen LogP contribution in [-0.4, -0.2) is 46.9 Å². The molecule has 2 fully saturated rings. The molecule has 0 aromatic heterocycles. The van der Waals surface area contributed by atoms with Crippen LogP contribution in [0.2, 0.25) is 0 Å². The molecule has 0 aromatic rings. The van der Waals surface area contributed by atoms with Crippen LogP contribution in [0.5, 0.6) is 0 Å². The van der Waals surface area contributed by atoms with E-state index in [1.165, 1.54) is 0 Å². The highest BCUT2D eigenvalue weighted by atomic mass is 16.5. The van der Waals surface area contributed by atoms with Crippen LogP contribution in [0.25, 0.3) is 0 Å². The largest absolute Gasteiger partial charge is 0.479 e. The van der Waals surface area contributed by atoms with Crippen LogP contribution in [0.15, 0.2) is 0 Å². The third kappa shape index (κ3) is 2.34. The van der Waals surface area contributed by atoms with Crippen LogP contribution in [0.1, 0.15) is 32.6 Å². The second-order valence-electron chi connectivity index (χ2n) is 5.38. The zero-order chi connectivity index (χ0) is 14.0. The molecule has 1 saturated heterocycles. The van der Waals surface area contributed by atoms with Gasteiger partial charge in [0.05, 0.1) is 12.7 Å². The van der Waals surface area contributed by atoms with Gasteiger partial charge in [0.2, 0.25) is 5.54 Å². The van der Waals surface area contributed by atoms with Gasteiger partial charge in [0.25, 0.3) is 0 Å². The number of hydrogen-bond acceptors (Lipinski definition) is 5. The molecule has 4 unspecified atom stereocenters. The highest BCUT2D eigenvalue weighted by Crippen LogP contribution is 2.42.